The first-order chi connectivity index (χ1) is 16.2. The summed E-state index contributed by atoms with van der Waals surface area (Å²) < 4.78 is 0. The number of nitrogens with one attached hydrogen (secondary N) is 1. The second-order valence-electron chi connectivity index (χ2n) is 10.2. The molecular formula is C28H29N3O2S. The van der Waals surface area contributed by atoms with E-state index in [9.17, 15) is 9.59 Å². The Morgan fingerprint density at radius 3 is 2.53 bits per heavy atom. The summed E-state index contributed by atoms with van der Waals surface area (Å²) in [4.78, 5) is 34.3. The van der Waals surface area contributed by atoms with E-state index >= 15 is 0 Å². The summed E-state index contributed by atoms with van der Waals surface area (Å²) in [6.07, 6.45) is 2.82. The number of carbonyl (C=O) groups excluding carboxylic acids is 2. The lowest BCUT2D eigenvalue weighted by Gasteiger charge is -2.33. The fraction of sp³-hybridized carbons (Fsp3) is 0.321. The van der Waals surface area contributed by atoms with E-state index in [4.69, 9.17) is 4.99 Å². The lowest BCUT2D eigenvalue weighted by atomic mass is 9.72. The number of nitrogens with zero attached hydrogens (tertiary/aromatic N) is 2. The average Bonchev–Trinajstić information content (AvgIpc) is 3.29. The van der Waals surface area contributed by atoms with Gasteiger partial charge in [0.1, 0.15) is 10.7 Å². The largest absolute Gasteiger partial charge is 0.322 e. The molecule has 2 aliphatic rings. The van der Waals surface area contributed by atoms with Crippen LogP contribution >= 0.6 is 11.3 Å². The highest BCUT2D eigenvalue weighted by molar-refractivity contribution is 7.16. The summed E-state index contributed by atoms with van der Waals surface area (Å²) >= 11 is 1.57. The number of amides is 2. The highest BCUT2D eigenvalue weighted by atomic mass is 32.1. The molecule has 1 atom stereocenters. The molecule has 174 valence electrons. The van der Waals surface area contributed by atoms with Crippen molar-refractivity contribution in [1.29, 1.82) is 0 Å². The summed E-state index contributed by atoms with van der Waals surface area (Å²) in [5.41, 5.74) is 4.70. The standard InChI is InChI=1S/C28H29N3O2S/c1-28(2,3)17-14-15-20-22(16-17)34-26(23(20)25(32)29-18-10-6-5-7-11-18)30-24-19-12-8-9-13-21(19)31(4)27(24)33/h5-13,17H,14-16H2,1-4H3,(H,29,32)/t17-/m0/s1. The molecule has 0 saturated heterocycles. The number of fused-ring (bicyclic) bond motifs is 2. The van der Waals surface area contributed by atoms with Crippen LogP contribution in [0.5, 0.6) is 0 Å². The summed E-state index contributed by atoms with van der Waals surface area (Å²) in [5.74, 6) is 0.239. The zero-order chi connectivity index (χ0) is 24.0. The van der Waals surface area contributed by atoms with Gasteiger partial charge in [0.05, 0.1) is 11.3 Å². The number of rotatable bonds is 3. The minimum atomic E-state index is -0.163. The van der Waals surface area contributed by atoms with Gasteiger partial charge in [-0.15, -0.1) is 11.3 Å². The van der Waals surface area contributed by atoms with Crippen molar-refractivity contribution < 1.29 is 9.59 Å². The third-order valence-electron chi connectivity index (χ3n) is 6.97. The van der Waals surface area contributed by atoms with Crippen molar-refractivity contribution in [2.75, 3.05) is 17.3 Å². The Morgan fingerprint density at radius 1 is 1.09 bits per heavy atom. The molecule has 0 unspecified atom stereocenters. The molecule has 1 aliphatic heterocycles. The molecule has 1 N–H and O–H groups in total. The quantitative estimate of drug-likeness (QED) is 0.491. The Hall–Kier alpha value is -3.25. The van der Waals surface area contributed by atoms with Crippen molar-refractivity contribution >= 4 is 45.2 Å². The highest BCUT2D eigenvalue weighted by Gasteiger charge is 2.36. The van der Waals surface area contributed by atoms with Crippen molar-refractivity contribution in [1.82, 2.24) is 0 Å². The van der Waals surface area contributed by atoms with Crippen molar-refractivity contribution in [3.63, 3.8) is 0 Å². The maximum atomic E-state index is 13.5. The molecule has 0 bridgehead atoms. The first-order valence-electron chi connectivity index (χ1n) is 11.7. The lowest BCUT2D eigenvalue weighted by Crippen LogP contribution is -2.27. The van der Waals surface area contributed by atoms with Crippen LogP contribution in [0.3, 0.4) is 0 Å². The summed E-state index contributed by atoms with van der Waals surface area (Å²) in [5, 5.41) is 3.67. The first kappa shape index (κ1) is 22.5. The summed E-state index contributed by atoms with van der Waals surface area (Å²) in [6.45, 7) is 6.85. The average molecular weight is 472 g/mol. The Kier molecular flexibility index (Phi) is 5.64. The minimum Gasteiger partial charge on any atom is -0.322 e. The van der Waals surface area contributed by atoms with Gasteiger partial charge < -0.3 is 10.2 Å². The van der Waals surface area contributed by atoms with Gasteiger partial charge in [0.2, 0.25) is 0 Å². The zero-order valence-corrected chi connectivity index (χ0v) is 20.8. The van der Waals surface area contributed by atoms with Crippen LogP contribution in [0.15, 0.2) is 59.6 Å². The van der Waals surface area contributed by atoms with E-state index in [1.54, 1.807) is 23.3 Å². The fourth-order valence-corrected chi connectivity index (χ4v) is 6.20. The van der Waals surface area contributed by atoms with Crippen LogP contribution in [-0.2, 0) is 17.6 Å². The van der Waals surface area contributed by atoms with E-state index in [2.05, 4.69) is 26.1 Å². The van der Waals surface area contributed by atoms with Gasteiger partial charge in [0, 0.05) is 23.2 Å². The molecule has 2 aromatic carbocycles. The van der Waals surface area contributed by atoms with E-state index < -0.39 is 0 Å². The fourth-order valence-electron chi connectivity index (χ4n) is 4.90. The molecule has 2 heterocycles. The first-order valence-corrected chi connectivity index (χ1v) is 12.5. The monoisotopic (exact) mass is 471 g/mol. The number of benzene rings is 2. The second kappa shape index (κ2) is 8.51. The molecule has 5 rings (SSSR count). The molecule has 6 heteroatoms. The van der Waals surface area contributed by atoms with Crippen molar-refractivity contribution in [3.8, 4) is 0 Å². The number of aliphatic imine (C=N–C) groups is 1. The Balaban J connectivity index is 1.61. The lowest BCUT2D eigenvalue weighted by molar-refractivity contribution is -0.111. The molecule has 0 fully saturated rings. The van der Waals surface area contributed by atoms with Gasteiger partial charge in [-0.1, -0.05) is 57.2 Å². The summed E-state index contributed by atoms with van der Waals surface area (Å²) in [7, 11) is 1.76. The molecule has 1 aliphatic carbocycles. The Labute approximate surface area is 204 Å². The SMILES string of the molecule is CN1C(=O)C(=Nc2sc3c(c2C(=O)Nc2ccccc2)CC[C@H](C(C)(C)C)C3)c2ccccc21. The van der Waals surface area contributed by atoms with E-state index in [0.29, 0.717) is 22.2 Å². The van der Waals surface area contributed by atoms with E-state index in [-0.39, 0.29) is 17.2 Å². The molecule has 2 amide bonds. The normalized spacial score (nSPS) is 18.7. The van der Waals surface area contributed by atoms with Gasteiger partial charge in [-0.05, 0) is 54.4 Å². The van der Waals surface area contributed by atoms with Crippen molar-refractivity contribution in [3.05, 3.63) is 76.2 Å². The van der Waals surface area contributed by atoms with Crippen LogP contribution in [0.4, 0.5) is 16.4 Å². The number of thiophene rings is 1. The Morgan fingerprint density at radius 2 is 1.79 bits per heavy atom. The second-order valence-corrected chi connectivity index (χ2v) is 11.2. The topological polar surface area (TPSA) is 61.8 Å². The van der Waals surface area contributed by atoms with Crippen molar-refractivity contribution in [2.24, 2.45) is 16.3 Å². The molecule has 0 saturated carbocycles. The van der Waals surface area contributed by atoms with Gasteiger partial charge in [-0.3, -0.25) is 9.59 Å². The maximum absolute atomic E-state index is 13.5. The van der Waals surface area contributed by atoms with Gasteiger partial charge in [-0.25, -0.2) is 4.99 Å². The van der Waals surface area contributed by atoms with Gasteiger partial charge in [0.15, 0.2) is 0 Å². The smallest absolute Gasteiger partial charge is 0.277 e. The Bertz CT molecular complexity index is 1300. The number of anilines is 2. The predicted molar refractivity (Wildman–Crippen MR) is 140 cm³/mol. The van der Waals surface area contributed by atoms with Gasteiger partial charge in [-0.2, -0.15) is 0 Å². The third-order valence-corrected chi connectivity index (χ3v) is 8.12. The van der Waals surface area contributed by atoms with Crippen LogP contribution in [-0.4, -0.2) is 24.6 Å². The number of para-hydroxylation sites is 2. The van der Waals surface area contributed by atoms with Gasteiger partial charge >= 0.3 is 0 Å². The number of likely N-dealkylation sites (N-methyl/N-ethyl adjacent to an activating group) is 1. The van der Waals surface area contributed by atoms with E-state index in [0.717, 1.165) is 41.8 Å². The third kappa shape index (κ3) is 3.96. The van der Waals surface area contributed by atoms with E-state index in [1.807, 2.05) is 54.6 Å². The van der Waals surface area contributed by atoms with Gasteiger partial charge in [0.25, 0.3) is 11.8 Å². The van der Waals surface area contributed by atoms with Crippen LogP contribution < -0.4 is 10.2 Å². The molecule has 1 aromatic heterocycles. The predicted octanol–water partition coefficient (Wildman–Crippen LogP) is 6.25. The zero-order valence-electron chi connectivity index (χ0n) is 20.0. The maximum Gasteiger partial charge on any atom is 0.277 e. The molecule has 3 aromatic rings. The molecular weight excluding hydrogens is 442 g/mol. The van der Waals surface area contributed by atoms with Crippen LogP contribution in [0, 0.1) is 11.3 Å². The molecule has 0 spiro atoms. The molecule has 34 heavy (non-hydrogen) atoms. The number of hydrogen-bond acceptors (Lipinski definition) is 4. The molecule has 0 radical (unpaired) electrons. The van der Waals surface area contributed by atoms with Crippen LogP contribution in [0.1, 0.15) is 53.6 Å². The number of hydrogen-bond donors (Lipinski definition) is 1. The molecule has 5 nitrogen and oxygen atoms in total. The number of carbonyl (C=O) groups is 2. The van der Waals surface area contributed by atoms with E-state index in [1.165, 1.54) is 4.88 Å². The summed E-state index contributed by atoms with van der Waals surface area (Å²) in [6, 6.07) is 17.2. The van der Waals surface area contributed by atoms with Crippen molar-refractivity contribution in [2.45, 2.75) is 40.0 Å². The highest BCUT2D eigenvalue weighted by Crippen LogP contribution is 2.46. The minimum absolute atomic E-state index is 0.144. The van der Waals surface area contributed by atoms with Crippen LogP contribution in [0.2, 0.25) is 0 Å². The van der Waals surface area contributed by atoms with Crippen LogP contribution in [0.25, 0.3) is 0 Å².